The Bertz CT molecular complexity index is 868. The lowest BCUT2D eigenvalue weighted by atomic mass is 10.2. The molecule has 0 radical (unpaired) electrons. The molecule has 0 spiro atoms. The molecule has 33 heavy (non-hydrogen) atoms. The third-order valence-corrected chi connectivity index (χ3v) is 3.07. The van der Waals surface area contributed by atoms with Crippen molar-refractivity contribution in [1.82, 2.24) is 9.78 Å². The number of ketones is 1. The molecule has 2 N–H and O–H groups in total. The number of carbonyl (C=O) groups is 1. The number of nitrogens with one attached hydrogen (secondary N) is 1. The van der Waals surface area contributed by atoms with Crippen LogP contribution in [-0.4, -0.2) is 39.6 Å². The minimum Gasteiger partial charge on any atom is -0.397 e. The predicted octanol–water partition coefficient (Wildman–Crippen LogP) is 4.21. The van der Waals surface area contributed by atoms with Gasteiger partial charge in [0.25, 0.3) is 5.56 Å². The van der Waals surface area contributed by atoms with E-state index in [1.165, 1.54) is 6.92 Å². The number of hydrogen-bond acceptors (Lipinski definition) is 5. The van der Waals surface area contributed by atoms with Crippen molar-refractivity contribution in [3.63, 3.8) is 0 Å². The van der Waals surface area contributed by atoms with Gasteiger partial charge in [-0.3, -0.25) is 14.7 Å². The summed E-state index contributed by atoms with van der Waals surface area (Å²) in [4.78, 5) is 37.5. The summed E-state index contributed by atoms with van der Waals surface area (Å²) in [6, 6.07) is 9.34. The Labute approximate surface area is 186 Å². The van der Waals surface area contributed by atoms with Crippen LogP contribution in [0.15, 0.2) is 41.2 Å². The number of rotatable bonds is 4. The maximum Gasteiger partial charge on any atom is 0.449 e. The van der Waals surface area contributed by atoms with Gasteiger partial charge in [0, 0.05) is 19.1 Å². The fourth-order valence-electron chi connectivity index (χ4n) is 1.83. The Morgan fingerprint density at radius 3 is 1.82 bits per heavy atom. The molecule has 2 aromatic rings. The van der Waals surface area contributed by atoms with E-state index in [9.17, 15) is 35.9 Å². The highest BCUT2D eigenvalue weighted by Crippen LogP contribution is 2.26. The summed E-state index contributed by atoms with van der Waals surface area (Å²) in [6.07, 6.45) is -9.06. The van der Waals surface area contributed by atoms with Crippen LogP contribution in [0.1, 0.15) is 45.4 Å². The van der Waals surface area contributed by atoms with Crippen LogP contribution in [0.25, 0.3) is 0 Å². The Morgan fingerprint density at radius 1 is 1.06 bits per heavy atom. The zero-order chi connectivity index (χ0) is 25.4. The second-order valence-corrected chi connectivity index (χ2v) is 5.65. The molecule has 188 valence electrons. The van der Waals surface area contributed by atoms with Gasteiger partial charge >= 0.3 is 18.5 Å². The normalized spacial score (nSPS) is 9.97. The Kier molecular flexibility index (Phi) is 18.1. The largest absolute Gasteiger partial charge is 0.449 e. The lowest BCUT2D eigenvalue weighted by Crippen LogP contribution is -2.21. The Hall–Kier alpha value is -3.18. The number of aliphatic hydroxyl groups excluding tert-OH is 1. The fraction of sp³-hybridized carbons (Fsp3) is 0.450. The number of benzene rings is 1. The van der Waals surface area contributed by atoms with E-state index in [0.29, 0.717) is 6.07 Å². The molecule has 0 amide bonds. The number of Topliss-reactive ketones (excluding diaryl/α,β-unsaturated/α-hetero) is 1. The van der Waals surface area contributed by atoms with Gasteiger partial charge in [0.2, 0.25) is 5.78 Å². The molecular formula is C20H26F6N2O5. The molecule has 0 bridgehead atoms. The summed E-state index contributed by atoms with van der Waals surface area (Å²) in [7, 11) is 0. The summed E-state index contributed by atoms with van der Waals surface area (Å²) in [5, 5.41) is 9.62. The molecule has 0 fully saturated rings. The molecule has 0 aliphatic rings. The molecule has 7 nitrogen and oxygen atoms in total. The smallest absolute Gasteiger partial charge is 0.397 e. The number of carbonyl (C=O) groups excluding carboxylic acids is 3. The van der Waals surface area contributed by atoms with Crippen molar-refractivity contribution in [2.75, 3.05) is 6.61 Å². The Morgan fingerprint density at radius 2 is 1.52 bits per heavy atom. The van der Waals surface area contributed by atoms with Crippen LogP contribution >= 0.6 is 0 Å². The van der Waals surface area contributed by atoms with E-state index in [0.717, 1.165) is 10.2 Å². The monoisotopic (exact) mass is 488 g/mol. The van der Waals surface area contributed by atoms with Crippen LogP contribution in [-0.2, 0) is 27.1 Å². The van der Waals surface area contributed by atoms with E-state index in [1.807, 2.05) is 5.10 Å². The number of aromatic nitrogens is 2. The van der Waals surface area contributed by atoms with Crippen LogP contribution in [0.3, 0.4) is 0 Å². The van der Waals surface area contributed by atoms with E-state index < -0.39 is 35.8 Å². The molecule has 0 saturated carbocycles. The third kappa shape index (κ3) is 16.2. The number of nitrogens with zero attached hydrogens (tertiary/aromatic N) is 1. The molecule has 0 atom stereocenters. The van der Waals surface area contributed by atoms with Gasteiger partial charge in [-0.15, -0.1) is 0 Å². The number of alkyl halides is 6. The summed E-state index contributed by atoms with van der Waals surface area (Å²) in [5.41, 5.74) is -0.968. The third-order valence-electron chi connectivity index (χ3n) is 3.07. The number of hydrogen-bond donors (Lipinski definition) is 2. The van der Waals surface area contributed by atoms with Crippen LogP contribution in [0.4, 0.5) is 26.3 Å². The van der Waals surface area contributed by atoms with E-state index in [4.69, 9.17) is 14.7 Å². The van der Waals surface area contributed by atoms with Gasteiger partial charge in [-0.05, 0) is 18.9 Å². The SMILES string of the molecule is C.CCCC(=O)C(F)(F)F.CCO.O=C=O.O=c1cc(C(F)(F)F)[nH]n1Cc1ccccc1. The molecule has 0 aliphatic heterocycles. The van der Waals surface area contributed by atoms with E-state index in [2.05, 4.69) is 0 Å². The second-order valence-electron chi connectivity index (χ2n) is 5.65. The maximum absolute atomic E-state index is 12.3. The summed E-state index contributed by atoms with van der Waals surface area (Å²) < 4.78 is 71.8. The highest BCUT2D eigenvalue weighted by atomic mass is 19.4. The average molecular weight is 488 g/mol. The van der Waals surface area contributed by atoms with Crippen molar-refractivity contribution in [3.05, 3.63) is 58.0 Å². The van der Waals surface area contributed by atoms with Crippen molar-refractivity contribution in [2.45, 2.75) is 53.0 Å². The van der Waals surface area contributed by atoms with Crippen molar-refractivity contribution in [2.24, 2.45) is 0 Å². The van der Waals surface area contributed by atoms with E-state index >= 15 is 0 Å². The predicted molar refractivity (Wildman–Crippen MR) is 106 cm³/mol. The van der Waals surface area contributed by atoms with Crippen molar-refractivity contribution in [1.29, 1.82) is 0 Å². The molecule has 2 rings (SSSR count). The van der Waals surface area contributed by atoms with E-state index in [1.54, 1.807) is 37.3 Å². The van der Waals surface area contributed by atoms with Gasteiger partial charge in [-0.1, -0.05) is 44.7 Å². The lowest BCUT2D eigenvalue weighted by molar-refractivity contribution is -0.191. The number of aromatic amines is 1. The quantitative estimate of drug-likeness (QED) is 0.627. The topological polar surface area (TPSA) is 109 Å². The average Bonchev–Trinajstić information content (AvgIpc) is 3.05. The van der Waals surface area contributed by atoms with E-state index in [-0.39, 0.29) is 33.2 Å². The van der Waals surface area contributed by atoms with Gasteiger partial charge in [-0.25, -0.2) is 4.68 Å². The minimum absolute atomic E-state index is 0. The maximum atomic E-state index is 12.3. The molecular weight excluding hydrogens is 462 g/mol. The van der Waals surface area contributed by atoms with Crippen LogP contribution < -0.4 is 5.56 Å². The molecule has 0 aliphatic carbocycles. The molecule has 1 aromatic carbocycles. The van der Waals surface area contributed by atoms with Gasteiger partial charge in [-0.2, -0.15) is 35.9 Å². The summed E-state index contributed by atoms with van der Waals surface area (Å²) >= 11 is 0. The molecule has 1 heterocycles. The number of halogens is 6. The second kappa shape index (κ2) is 17.4. The molecule has 1 aromatic heterocycles. The molecule has 0 saturated heterocycles. The summed E-state index contributed by atoms with van der Waals surface area (Å²) in [5.74, 6) is -1.63. The summed E-state index contributed by atoms with van der Waals surface area (Å²) in [6.45, 7) is 3.55. The highest BCUT2D eigenvalue weighted by molar-refractivity contribution is 5.83. The fourth-order valence-corrected chi connectivity index (χ4v) is 1.83. The first-order valence-corrected chi connectivity index (χ1v) is 8.89. The van der Waals surface area contributed by atoms with Gasteiger partial charge in [0.15, 0.2) is 0 Å². The first kappa shape index (κ1) is 34.4. The van der Waals surface area contributed by atoms with Crippen LogP contribution in [0, 0.1) is 0 Å². The Balaban J connectivity index is -0.000000477. The van der Waals surface area contributed by atoms with Gasteiger partial charge in [0.1, 0.15) is 5.69 Å². The minimum atomic E-state index is -4.63. The van der Waals surface area contributed by atoms with Gasteiger partial charge < -0.3 is 5.11 Å². The first-order chi connectivity index (χ1) is 14.8. The number of aliphatic hydroxyl groups is 1. The van der Waals surface area contributed by atoms with Crippen LogP contribution in [0.5, 0.6) is 0 Å². The standard InChI is InChI=1S/C11H9F3N2O.C5H7F3O.C2H6O.CO2.CH4/c12-11(13,14)9-6-10(17)16(15-9)7-8-4-2-1-3-5-8;1-2-3-4(9)5(6,7)8;1-2-3;2-1-3;/h1-6,15H,7H2;2-3H2,1H3;3H,2H2,1H3;;1H4. The molecule has 0 unspecified atom stereocenters. The van der Waals surface area contributed by atoms with Crippen molar-refractivity contribution >= 4 is 11.9 Å². The molecule has 13 heteroatoms. The van der Waals surface area contributed by atoms with Crippen LogP contribution in [0.2, 0.25) is 0 Å². The van der Waals surface area contributed by atoms with Gasteiger partial charge in [0.05, 0.1) is 6.54 Å². The zero-order valence-electron chi connectivity index (χ0n) is 17.1. The lowest BCUT2D eigenvalue weighted by Gasteiger charge is -2.04. The first-order valence-electron chi connectivity index (χ1n) is 8.89. The number of H-pyrrole nitrogens is 1. The highest BCUT2D eigenvalue weighted by Gasteiger charge is 2.36. The van der Waals surface area contributed by atoms with Crippen molar-refractivity contribution in [3.8, 4) is 0 Å². The van der Waals surface area contributed by atoms with Crippen molar-refractivity contribution < 1.29 is 45.8 Å². The zero-order valence-corrected chi connectivity index (χ0v) is 17.1.